The Bertz CT molecular complexity index is 605. The number of hydrogen-bond acceptors (Lipinski definition) is 1. The van der Waals surface area contributed by atoms with Crippen LogP contribution in [0.5, 0.6) is 0 Å². The standard InChI is InChI=1S/C16H18N2O/c1-11-6-4-8-14(10-11)17-16(19)18-15-9-5-7-12(2)13(15)3/h4-10H,1-3H3,(H2,17,18,19). The Morgan fingerprint density at radius 2 is 1.68 bits per heavy atom. The zero-order chi connectivity index (χ0) is 13.8. The van der Waals surface area contributed by atoms with Crippen molar-refractivity contribution in [3.63, 3.8) is 0 Å². The van der Waals surface area contributed by atoms with Crippen LogP contribution in [0.2, 0.25) is 0 Å². The number of nitrogens with one attached hydrogen (secondary N) is 2. The number of amides is 2. The minimum absolute atomic E-state index is 0.223. The molecule has 0 fully saturated rings. The van der Waals surface area contributed by atoms with Crippen LogP contribution in [0.3, 0.4) is 0 Å². The highest BCUT2D eigenvalue weighted by atomic mass is 16.2. The molecule has 2 aromatic rings. The van der Waals surface area contributed by atoms with Gasteiger partial charge in [-0.15, -0.1) is 0 Å². The van der Waals surface area contributed by atoms with E-state index in [0.29, 0.717) is 0 Å². The maximum atomic E-state index is 11.9. The van der Waals surface area contributed by atoms with Crippen molar-refractivity contribution in [1.82, 2.24) is 0 Å². The van der Waals surface area contributed by atoms with Gasteiger partial charge in [0, 0.05) is 11.4 Å². The van der Waals surface area contributed by atoms with E-state index in [1.54, 1.807) is 0 Å². The third kappa shape index (κ3) is 3.35. The quantitative estimate of drug-likeness (QED) is 0.826. The molecule has 0 aliphatic carbocycles. The molecule has 0 radical (unpaired) electrons. The minimum atomic E-state index is -0.223. The van der Waals surface area contributed by atoms with Crippen molar-refractivity contribution in [2.75, 3.05) is 10.6 Å². The Labute approximate surface area is 113 Å². The normalized spacial score (nSPS) is 10.1. The van der Waals surface area contributed by atoms with Crippen LogP contribution in [-0.2, 0) is 0 Å². The van der Waals surface area contributed by atoms with Crippen molar-refractivity contribution >= 4 is 17.4 Å². The first-order valence-electron chi connectivity index (χ1n) is 6.27. The molecule has 2 amide bonds. The van der Waals surface area contributed by atoms with Gasteiger partial charge < -0.3 is 10.6 Å². The van der Waals surface area contributed by atoms with Gasteiger partial charge in [0.2, 0.25) is 0 Å². The molecule has 2 rings (SSSR count). The second kappa shape index (κ2) is 5.57. The van der Waals surface area contributed by atoms with Crippen molar-refractivity contribution in [2.24, 2.45) is 0 Å². The van der Waals surface area contributed by atoms with Gasteiger partial charge in [-0.25, -0.2) is 4.79 Å². The van der Waals surface area contributed by atoms with E-state index in [-0.39, 0.29) is 6.03 Å². The number of carbonyl (C=O) groups excluding carboxylic acids is 1. The second-order valence-electron chi connectivity index (χ2n) is 4.70. The molecule has 19 heavy (non-hydrogen) atoms. The van der Waals surface area contributed by atoms with Crippen LogP contribution in [0.25, 0.3) is 0 Å². The van der Waals surface area contributed by atoms with Crippen molar-refractivity contribution in [1.29, 1.82) is 0 Å². The van der Waals surface area contributed by atoms with Crippen LogP contribution in [0.15, 0.2) is 42.5 Å². The van der Waals surface area contributed by atoms with Gasteiger partial charge in [0.1, 0.15) is 0 Å². The molecule has 0 atom stereocenters. The highest BCUT2D eigenvalue weighted by molar-refractivity contribution is 6.00. The van der Waals surface area contributed by atoms with E-state index in [9.17, 15) is 4.79 Å². The summed E-state index contributed by atoms with van der Waals surface area (Å²) in [5, 5.41) is 5.70. The van der Waals surface area contributed by atoms with Gasteiger partial charge in [-0.1, -0.05) is 24.3 Å². The van der Waals surface area contributed by atoms with Gasteiger partial charge >= 0.3 is 6.03 Å². The summed E-state index contributed by atoms with van der Waals surface area (Å²) >= 11 is 0. The monoisotopic (exact) mass is 254 g/mol. The van der Waals surface area contributed by atoms with Crippen LogP contribution in [0.1, 0.15) is 16.7 Å². The first-order chi connectivity index (χ1) is 9.06. The molecule has 0 heterocycles. The van der Waals surface area contributed by atoms with E-state index < -0.39 is 0 Å². The first kappa shape index (κ1) is 13.1. The van der Waals surface area contributed by atoms with Gasteiger partial charge in [-0.2, -0.15) is 0 Å². The SMILES string of the molecule is Cc1cccc(NC(=O)Nc2cccc(C)c2C)c1. The average Bonchev–Trinajstić information content (AvgIpc) is 2.35. The lowest BCUT2D eigenvalue weighted by Crippen LogP contribution is -2.20. The predicted octanol–water partition coefficient (Wildman–Crippen LogP) is 4.26. The molecule has 2 aromatic carbocycles. The van der Waals surface area contributed by atoms with E-state index in [1.807, 2.05) is 63.2 Å². The van der Waals surface area contributed by atoms with Crippen molar-refractivity contribution < 1.29 is 4.79 Å². The Balaban J connectivity index is 2.08. The number of rotatable bonds is 2. The van der Waals surface area contributed by atoms with Crippen molar-refractivity contribution in [3.05, 3.63) is 59.2 Å². The smallest absolute Gasteiger partial charge is 0.308 e. The Hall–Kier alpha value is -2.29. The molecule has 0 aliphatic rings. The highest BCUT2D eigenvalue weighted by Crippen LogP contribution is 2.18. The van der Waals surface area contributed by atoms with Crippen molar-refractivity contribution in [3.8, 4) is 0 Å². The van der Waals surface area contributed by atoms with E-state index in [2.05, 4.69) is 10.6 Å². The fourth-order valence-corrected chi connectivity index (χ4v) is 1.89. The molecule has 0 spiro atoms. The summed E-state index contributed by atoms with van der Waals surface area (Å²) in [6.45, 7) is 6.02. The number of urea groups is 1. The third-order valence-corrected chi connectivity index (χ3v) is 3.13. The summed E-state index contributed by atoms with van der Waals surface area (Å²) in [5.74, 6) is 0. The molecule has 3 nitrogen and oxygen atoms in total. The number of aryl methyl sites for hydroxylation is 2. The van der Waals surface area contributed by atoms with Gasteiger partial charge in [-0.3, -0.25) is 0 Å². The topological polar surface area (TPSA) is 41.1 Å². The van der Waals surface area contributed by atoms with Crippen LogP contribution >= 0.6 is 0 Å². The maximum absolute atomic E-state index is 11.9. The summed E-state index contributed by atoms with van der Waals surface area (Å²) in [7, 11) is 0. The lowest BCUT2D eigenvalue weighted by Gasteiger charge is -2.11. The Morgan fingerprint density at radius 1 is 0.947 bits per heavy atom. The fourth-order valence-electron chi connectivity index (χ4n) is 1.89. The van der Waals surface area contributed by atoms with Crippen LogP contribution in [-0.4, -0.2) is 6.03 Å². The van der Waals surface area contributed by atoms with Gasteiger partial charge in [0.25, 0.3) is 0 Å². The third-order valence-electron chi connectivity index (χ3n) is 3.13. The first-order valence-corrected chi connectivity index (χ1v) is 6.27. The van der Waals surface area contributed by atoms with E-state index in [4.69, 9.17) is 0 Å². The molecule has 0 aliphatic heterocycles. The lowest BCUT2D eigenvalue weighted by atomic mass is 10.1. The maximum Gasteiger partial charge on any atom is 0.323 e. The lowest BCUT2D eigenvalue weighted by molar-refractivity contribution is 0.262. The average molecular weight is 254 g/mol. The zero-order valence-electron chi connectivity index (χ0n) is 11.4. The van der Waals surface area contributed by atoms with Gasteiger partial charge in [0.05, 0.1) is 0 Å². The molecule has 0 unspecified atom stereocenters. The summed E-state index contributed by atoms with van der Waals surface area (Å²) in [5.41, 5.74) is 4.99. The van der Waals surface area contributed by atoms with Crippen molar-refractivity contribution in [2.45, 2.75) is 20.8 Å². The summed E-state index contributed by atoms with van der Waals surface area (Å²) in [4.78, 5) is 11.9. The number of anilines is 2. The second-order valence-corrected chi connectivity index (χ2v) is 4.70. The molecule has 0 saturated carbocycles. The fraction of sp³-hybridized carbons (Fsp3) is 0.188. The molecule has 0 bridgehead atoms. The Kier molecular flexibility index (Phi) is 3.85. The van der Waals surface area contributed by atoms with E-state index in [0.717, 1.165) is 28.1 Å². The molecular formula is C16H18N2O. The van der Waals surface area contributed by atoms with E-state index in [1.165, 1.54) is 0 Å². The molecule has 2 N–H and O–H groups in total. The molecule has 98 valence electrons. The van der Waals surface area contributed by atoms with E-state index >= 15 is 0 Å². The number of carbonyl (C=O) groups is 1. The van der Waals surface area contributed by atoms with Crippen LogP contribution in [0.4, 0.5) is 16.2 Å². The molecular weight excluding hydrogens is 236 g/mol. The summed E-state index contributed by atoms with van der Waals surface area (Å²) in [6.07, 6.45) is 0. The van der Waals surface area contributed by atoms with Gasteiger partial charge in [0.15, 0.2) is 0 Å². The Morgan fingerprint density at radius 3 is 2.42 bits per heavy atom. The molecule has 0 aromatic heterocycles. The summed E-state index contributed by atoms with van der Waals surface area (Å²) < 4.78 is 0. The largest absolute Gasteiger partial charge is 0.323 e. The highest BCUT2D eigenvalue weighted by Gasteiger charge is 2.05. The number of hydrogen-bond donors (Lipinski definition) is 2. The summed E-state index contributed by atoms with van der Waals surface area (Å²) in [6, 6.07) is 13.4. The van der Waals surface area contributed by atoms with Crippen LogP contribution in [0, 0.1) is 20.8 Å². The zero-order valence-corrected chi connectivity index (χ0v) is 11.4. The molecule has 0 saturated heterocycles. The molecule has 3 heteroatoms. The van der Waals surface area contributed by atoms with Crippen LogP contribution < -0.4 is 10.6 Å². The number of benzene rings is 2. The minimum Gasteiger partial charge on any atom is -0.308 e. The van der Waals surface area contributed by atoms with Gasteiger partial charge in [-0.05, 0) is 55.7 Å². The predicted molar refractivity (Wildman–Crippen MR) is 79.7 cm³/mol.